The van der Waals surface area contributed by atoms with E-state index in [4.69, 9.17) is 16.3 Å². The van der Waals surface area contributed by atoms with Gasteiger partial charge in [0.1, 0.15) is 17.4 Å². The van der Waals surface area contributed by atoms with E-state index in [9.17, 15) is 9.59 Å². The van der Waals surface area contributed by atoms with E-state index >= 15 is 0 Å². The van der Waals surface area contributed by atoms with Gasteiger partial charge in [-0.1, -0.05) is 0 Å². The topological polar surface area (TPSA) is 46.6 Å². The lowest BCUT2D eigenvalue weighted by Gasteiger charge is -2.43. The number of carbonyl (C=O) groups excluding carboxylic acids is 2. The molecular weight excluding hydrogens is 266 g/mol. The number of aldehydes is 1. The van der Waals surface area contributed by atoms with Crippen LogP contribution in [-0.2, 0) is 9.53 Å². The highest BCUT2D eigenvalue weighted by Gasteiger charge is 2.42. The fourth-order valence-electron chi connectivity index (χ4n) is 2.46. The highest BCUT2D eigenvalue weighted by atomic mass is 35.5. The van der Waals surface area contributed by atoms with Gasteiger partial charge < -0.3 is 9.53 Å². The van der Waals surface area contributed by atoms with Crippen LogP contribution in [0.4, 0.5) is 4.79 Å². The maximum absolute atomic E-state index is 12.3. The van der Waals surface area contributed by atoms with E-state index in [0.717, 1.165) is 25.5 Å². The molecular formula is C14H24ClNO3. The Balaban J connectivity index is 2.86. The molecule has 110 valence electrons. The average molecular weight is 290 g/mol. The number of ether oxygens (including phenoxy) is 1. The van der Waals surface area contributed by atoms with E-state index in [1.54, 1.807) is 4.90 Å². The number of halogens is 1. The van der Waals surface area contributed by atoms with E-state index in [-0.39, 0.29) is 0 Å². The number of likely N-dealkylation sites (tertiary alicyclic amines) is 1. The van der Waals surface area contributed by atoms with Crippen LogP contribution < -0.4 is 0 Å². The van der Waals surface area contributed by atoms with Gasteiger partial charge in [0, 0.05) is 12.4 Å². The standard InChI is InChI=1S/C14H24ClNO3/c1-13(2,3)19-12(18)16-10-5-4-7-14(16,11-17)8-6-9-15/h11H,4-10H2,1-3H3. The molecule has 1 unspecified atom stereocenters. The Morgan fingerprint density at radius 1 is 1.42 bits per heavy atom. The van der Waals surface area contributed by atoms with E-state index in [1.807, 2.05) is 20.8 Å². The van der Waals surface area contributed by atoms with Crippen LogP contribution >= 0.6 is 11.6 Å². The van der Waals surface area contributed by atoms with Crippen LogP contribution in [-0.4, -0.2) is 40.8 Å². The highest BCUT2D eigenvalue weighted by Crippen LogP contribution is 2.32. The van der Waals surface area contributed by atoms with Crippen LogP contribution in [0.15, 0.2) is 0 Å². The minimum absolute atomic E-state index is 0.395. The number of piperidine rings is 1. The van der Waals surface area contributed by atoms with E-state index in [2.05, 4.69) is 0 Å². The van der Waals surface area contributed by atoms with Crippen LogP contribution in [0.1, 0.15) is 52.9 Å². The van der Waals surface area contributed by atoms with Gasteiger partial charge in [0.25, 0.3) is 0 Å². The molecule has 0 radical (unpaired) electrons. The first-order valence-corrected chi connectivity index (χ1v) is 7.41. The van der Waals surface area contributed by atoms with Crippen LogP contribution in [0.3, 0.4) is 0 Å². The third-order valence-corrected chi connectivity index (χ3v) is 3.62. The summed E-state index contributed by atoms with van der Waals surface area (Å²) in [6.45, 7) is 6.07. The Morgan fingerprint density at radius 2 is 2.11 bits per heavy atom. The van der Waals surface area contributed by atoms with Crippen molar-refractivity contribution in [2.45, 2.75) is 64.0 Å². The van der Waals surface area contributed by atoms with Crippen LogP contribution in [0.5, 0.6) is 0 Å². The molecule has 0 spiro atoms. The minimum Gasteiger partial charge on any atom is -0.444 e. The molecule has 19 heavy (non-hydrogen) atoms. The fraction of sp³-hybridized carbons (Fsp3) is 0.857. The summed E-state index contributed by atoms with van der Waals surface area (Å²) < 4.78 is 5.41. The summed E-state index contributed by atoms with van der Waals surface area (Å²) in [6.07, 6.45) is 4.42. The highest BCUT2D eigenvalue weighted by molar-refractivity contribution is 6.17. The monoisotopic (exact) mass is 289 g/mol. The molecule has 0 aromatic carbocycles. The summed E-state index contributed by atoms with van der Waals surface area (Å²) >= 11 is 5.72. The third-order valence-electron chi connectivity index (χ3n) is 3.36. The van der Waals surface area contributed by atoms with Gasteiger partial charge in [-0.15, -0.1) is 11.6 Å². The summed E-state index contributed by atoms with van der Waals surface area (Å²) in [5.74, 6) is 0.498. The van der Waals surface area contributed by atoms with Crippen molar-refractivity contribution in [3.8, 4) is 0 Å². The molecule has 0 saturated carbocycles. The number of alkyl halides is 1. The van der Waals surface area contributed by atoms with Crippen molar-refractivity contribution in [2.24, 2.45) is 0 Å². The lowest BCUT2D eigenvalue weighted by molar-refractivity contribution is -0.121. The lowest BCUT2D eigenvalue weighted by atomic mass is 9.84. The molecule has 1 aliphatic heterocycles. The summed E-state index contributed by atoms with van der Waals surface area (Å²) in [5, 5.41) is 0. The number of hydrogen-bond acceptors (Lipinski definition) is 3. The predicted octanol–water partition coefficient (Wildman–Crippen LogP) is 3.36. The van der Waals surface area contributed by atoms with Gasteiger partial charge in [-0.25, -0.2) is 4.79 Å². The Bertz CT molecular complexity index is 327. The number of nitrogens with zero attached hydrogens (tertiary/aromatic N) is 1. The molecule has 0 aromatic rings. The average Bonchev–Trinajstić information content (AvgIpc) is 2.34. The fourth-order valence-corrected chi connectivity index (χ4v) is 2.60. The second kappa shape index (κ2) is 6.60. The van der Waals surface area contributed by atoms with Crippen molar-refractivity contribution in [1.29, 1.82) is 0 Å². The molecule has 4 nitrogen and oxygen atoms in total. The lowest BCUT2D eigenvalue weighted by Crippen LogP contribution is -2.56. The zero-order valence-corrected chi connectivity index (χ0v) is 12.8. The zero-order valence-electron chi connectivity index (χ0n) is 12.1. The smallest absolute Gasteiger partial charge is 0.411 e. The van der Waals surface area contributed by atoms with Crippen molar-refractivity contribution in [1.82, 2.24) is 4.90 Å². The Morgan fingerprint density at radius 3 is 2.63 bits per heavy atom. The Kier molecular flexibility index (Phi) is 5.65. The molecule has 1 amide bonds. The zero-order chi connectivity index (χ0) is 14.5. The molecule has 1 aliphatic rings. The second-order valence-corrected chi connectivity index (χ2v) is 6.48. The minimum atomic E-state index is -0.727. The van der Waals surface area contributed by atoms with Gasteiger partial charge in [-0.3, -0.25) is 4.90 Å². The second-order valence-electron chi connectivity index (χ2n) is 6.10. The van der Waals surface area contributed by atoms with Gasteiger partial charge in [0.15, 0.2) is 0 Å². The molecule has 0 N–H and O–H groups in total. The molecule has 0 aromatic heterocycles. The molecule has 0 bridgehead atoms. The van der Waals surface area contributed by atoms with Gasteiger partial charge in [0.2, 0.25) is 0 Å². The molecule has 1 saturated heterocycles. The molecule has 1 heterocycles. The van der Waals surface area contributed by atoms with Gasteiger partial charge in [0.05, 0.1) is 0 Å². The Labute approximate surface area is 120 Å². The predicted molar refractivity (Wildman–Crippen MR) is 75.5 cm³/mol. The first-order chi connectivity index (χ1) is 8.84. The largest absolute Gasteiger partial charge is 0.444 e. The Hall–Kier alpha value is -0.770. The maximum Gasteiger partial charge on any atom is 0.411 e. The third kappa shape index (κ3) is 4.37. The number of carbonyl (C=O) groups is 2. The van der Waals surface area contributed by atoms with Crippen molar-refractivity contribution >= 4 is 24.0 Å². The molecule has 1 rings (SSSR count). The summed E-state index contributed by atoms with van der Waals surface area (Å²) in [4.78, 5) is 25.4. The van der Waals surface area contributed by atoms with E-state index in [1.165, 1.54) is 0 Å². The van der Waals surface area contributed by atoms with Crippen LogP contribution in [0, 0.1) is 0 Å². The van der Waals surface area contributed by atoms with Gasteiger partial charge >= 0.3 is 6.09 Å². The first kappa shape index (κ1) is 16.3. The van der Waals surface area contributed by atoms with E-state index in [0.29, 0.717) is 25.3 Å². The molecule has 0 aliphatic carbocycles. The molecule has 1 fully saturated rings. The SMILES string of the molecule is CC(C)(C)OC(=O)N1CCCCC1(C=O)CCCCl. The van der Waals surface area contributed by atoms with Crippen molar-refractivity contribution < 1.29 is 14.3 Å². The molecule has 1 atom stereocenters. The van der Waals surface area contributed by atoms with E-state index < -0.39 is 17.2 Å². The van der Waals surface area contributed by atoms with Crippen molar-refractivity contribution in [3.63, 3.8) is 0 Å². The number of hydrogen-bond donors (Lipinski definition) is 0. The number of amides is 1. The quantitative estimate of drug-likeness (QED) is 0.589. The maximum atomic E-state index is 12.3. The van der Waals surface area contributed by atoms with Crippen LogP contribution in [0.2, 0.25) is 0 Å². The number of rotatable bonds is 4. The van der Waals surface area contributed by atoms with Gasteiger partial charge in [-0.05, 0) is 52.9 Å². The summed E-state index contributed by atoms with van der Waals surface area (Å²) in [7, 11) is 0. The van der Waals surface area contributed by atoms with Crippen LogP contribution in [0.25, 0.3) is 0 Å². The molecule has 5 heteroatoms. The van der Waals surface area contributed by atoms with Crippen molar-refractivity contribution in [2.75, 3.05) is 12.4 Å². The summed E-state index contributed by atoms with van der Waals surface area (Å²) in [5.41, 5.74) is -1.27. The normalized spacial score (nSPS) is 24.1. The van der Waals surface area contributed by atoms with Gasteiger partial charge in [-0.2, -0.15) is 0 Å². The summed E-state index contributed by atoms with van der Waals surface area (Å²) in [6, 6.07) is 0. The first-order valence-electron chi connectivity index (χ1n) is 6.87. The van der Waals surface area contributed by atoms with Crippen molar-refractivity contribution in [3.05, 3.63) is 0 Å².